The van der Waals surface area contributed by atoms with Crippen molar-refractivity contribution in [2.45, 2.75) is 6.54 Å². The second kappa shape index (κ2) is 5.52. The molecule has 0 atom stereocenters. The van der Waals surface area contributed by atoms with Crippen LogP contribution in [0, 0.1) is 11.6 Å². The van der Waals surface area contributed by atoms with Crippen LogP contribution >= 0.6 is 0 Å². The number of hydrogen-bond donors (Lipinski definition) is 3. The first-order chi connectivity index (χ1) is 9.47. The van der Waals surface area contributed by atoms with Gasteiger partial charge in [-0.3, -0.25) is 0 Å². The molecule has 1 heterocycles. The maximum Gasteiger partial charge on any atom is 0.337 e. The van der Waals surface area contributed by atoms with Crippen LogP contribution in [0.2, 0.25) is 0 Å². The van der Waals surface area contributed by atoms with E-state index in [0.717, 1.165) is 12.1 Å². The lowest BCUT2D eigenvalue weighted by atomic mass is 10.2. The Morgan fingerprint density at radius 1 is 1.30 bits per heavy atom. The first-order valence-corrected chi connectivity index (χ1v) is 5.64. The van der Waals surface area contributed by atoms with Crippen LogP contribution in [0.5, 0.6) is 0 Å². The predicted molar refractivity (Wildman–Crippen MR) is 69.3 cm³/mol. The van der Waals surface area contributed by atoms with Gasteiger partial charge in [-0.2, -0.15) is 0 Å². The van der Waals surface area contributed by atoms with E-state index in [1.54, 1.807) is 0 Å². The molecule has 2 aromatic rings. The highest BCUT2D eigenvalue weighted by molar-refractivity contribution is 5.94. The molecule has 0 bridgehead atoms. The maximum atomic E-state index is 13.0. The number of halogens is 2. The first-order valence-electron chi connectivity index (χ1n) is 5.64. The topological polar surface area (TPSA) is 88.2 Å². The number of anilines is 2. The van der Waals surface area contributed by atoms with E-state index >= 15 is 0 Å². The normalized spacial score (nSPS) is 10.3. The smallest absolute Gasteiger partial charge is 0.337 e. The molecular formula is C13H11F2N3O2. The Bertz CT molecular complexity index is 662. The summed E-state index contributed by atoms with van der Waals surface area (Å²) in [7, 11) is 0. The van der Waals surface area contributed by atoms with Crippen LogP contribution in [-0.2, 0) is 6.54 Å². The van der Waals surface area contributed by atoms with Crippen LogP contribution < -0.4 is 11.1 Å². The average Bonchev–Trinajstić information content (AvgIpc) is 2.41. The fraction of sp³-hybridized carbons (Fsp3) is 0.0769. The van der Waals surface area contributed by atoms with Gasteiger partial charge in [0.05, 0.1) is 17.4 Å². The Morgan fingerprint density at radius 3 is 2.70 bits per heavy atom. The van der Waals surface area contributed by atoms with Crippen molar-refractivity contribution in [1.82, 2.24) is 4.98 Å². The second-order valence-electron chi connectivity index (χ2n) is 4.06. The second-order valence-corrected chi connectivity index (χ2v) is 4.06. The van der Waals surface area contributed by atoms with Gasteiger partial charge in [0, 0.05) is 6.54 Å². The molecule has 0 aliphatic rings. The number of nitrogens with two attached hydrogens (primary N) is 1. The van der Waals surface area contributed by atoms with E-state index in [9.17, 15) is 13.6 Å². The summed E-state index contributed by atoms with van der Waals surface area (Å²) < 4.78 is 25.8. The fourth-order valence-corrected chi connectivity index (χ4v) is 1.59. The minimum Gasteiger partial charge on any atom is -0.478 e. The first kappa shape index (κ1) is 13.7. The number of aromatic nitrogens is 1. The summed E-state index contributed by atoms with van der Waals surface area (Å²) in [4.78, 5) is 14.8. The number of benzene rings is 1. The number of aromatic carboxylic acids is 1. The highest BCUT2D eigenvalue weighted by atomic mass is 19.2. The van der Waals surface area contributed by atoms with E-state index < -0.39 is 17.6 Å². The molecule has 5 nitrogen and oxygen atoms in total. The SMILES string of the molecule is Nc1cnc(NCc2ccc(F)c(F)c2)cc1C(=O)O. The minimum atomic E-state index is -1.17. The summed E-state index contributed by atoms with van der Waals surface area (Å²) in [6.45, 7) is 0.174. The summed E-state index contributed by atoms with van der Waals surface area (Å²) in [6.07, 6.45) is 1.22. The Labute approximate surface area is 113 Å². The number of carbonyl (C=O) groups is 1. The summed E-state index contributed by atoms with van der Waals surface area (Å²) in [6, 6.07) is 4.77. The molecule has 0 spiro atoms. The molecule has 1 aromatic heterocycles. The van der Waals surface area contributed by atoms with Gasteiger partial charge < -0.3 is 16.2 Å². The molecule has 0 saturated heterocycles. The molecule has 2 rings (SSSR count). The Kier molecular flexibility index (Phi) is 3.79. The summed E-state index contributed by atoms with van der Waals surface area (Å²) in [5.74, 6) is -2.75. The van der Waals surface area contributed by atoms with E-state index in [1.807, 2.05) is 0 Å². The number of nitrogens with zero attached hydrogens (tertiary/aromatic N) is 1. The molecule has 0 saturated carbocycles. The fourth-order valence-electron chi connectivity index (χ4n) is 1.59. The van der Waals surface area contributed by atoms with Crippen LogP contribution in [0.15, 0.2) is 30.5 Å². The van der Waals surface area contributed by atoms with Gasteiger partial charge in [-0.15, -0.1) is 0 Å². The van der Waals surface area contributed by atoms with Gasteiger partial charge in [0.2, 0.25) is 0 Å². The van der Waals surface area contributed by atoms with Crippen molar-refractivity contribution in [1.29, 1.82) is 0 Å². The van der Waals surface area contributed by atoms with Crippen molar-refractivity contribution in [3.05, 3.63) is 53.2 Å². The third-order valence-corrected chi connectivity index (χ3v) is 2.62. The zero-order valence-corrected chi connectivity index (χ0v) is 10.2. The molecule has 0 fully saturated rings. The highest BCUT2D eigenvalue weighted by Gasteiger charge is 2.09. The molecule has 0 aliphatic heterocycles. The van der Waals surface area contributed by atoms with Gasteiger partial charge in [0.25, 0.3) is 0 Å². The monoisotopic (exact) mass is 279 g/mol. The Morgan fingerprint density at radius 2 is 2.05 bits per heavy atom. The lowest BCUT2D eigenvalue weighted by molar-refractivity contribution is 0.0698. The van der Waals surface area contributed by atoms with Gasteiger partial charge in [-0.1, -0.05) is 6.07 Å². The van der Waals surface area contributed by atoms with Crippen LogP contribution in [0.4, 0.5) is 20.3 Å². The number of hydrogen-bond acceptors (Lipinski definition) is 4. The van der Waals surface area contributed by atoms with E-state index in [2.05, 4.69) is 10.3 Å². The zero-order chi connectivity index (χ0) is 14.7. The van der Waals surface area contributed by atoms with Crippen molar-refractivity contribution >= 4 is 17.5 Å². The highest BCUT2D eigenvalue weighted by Crippen LogP contribution is 2.16. The van der Waals surface area contributed by atoms with E-state index in [-0.39, 0.29) is 23.6 Å². The van der Waals surface area contributed by atoms with Crippen LogP contribution in [0.25, 0.3) is 0 Å². The largest absolute Gasteiger partial charge is 0.478 e. The molecule has 1 aromatic carbocycles. The predicted octanol–water partition coefficient (Wildman–Crippen LogP) is 2.25. The molecule has 4 N–H and O–H groups in total. The van der Waals surface area contributed by atoms with Crippen LogP contribution in [0.1, 0.15) is 15.9 Å². The number of rotatable bonds is 4. The number of nitrogen functional groups attached to an aromatic ring is 1. The number of pyridine rings is 1. The van der Waals surface area contributed by atoms with E-state index in [0.29, 0.717) is 5.56 Å². The third kappa shape index (κ3) is 3.00. The summed E-state index contributed by atoms with van der Waals surface area (Å²) in [5.41, 5.74) is 5.95. The van der Waals surface area contributed by atoms with Crippen LogP contribution in [-0.4, -0.2) is 16.1 Å². The van der Waals surface area contributed by atoms with E-state index in [4.69, 9.17) is 10.8 Å². The summed E-state index contributed by atoms with van der Waals surface area (Å²) >= 11 is 0. The zero-order valence-electron chi connectivity index (χ0n) is 10.2. The Hall–Kier alpha value is -2.70. The Balaban J connectivity index is 2.12. The molecular weight excluding hydrogens is 268 g/mol. The molecule has 7 heteroatoms. The maximum absolute atomic E-state index is 13.0. The molecule has 20 heavy (non-hydrogen) atoms. The van der Waals surface area contributed by atoms with Crippen LogP contribution in [0.3, 0.4) is 0 Å². The summed E-state index contributed by atoms with van der Waals surface area (Å²) in [5, 5.41) is 11.7. The minimum absolute atomic E-state index is 0.0517. The molecule has 0 amide bonds. The van der Waals surface area contributed by atoms with Gasteiger partial charge in [-0.05, 0) is 23.8 Å². The van der Waals surface area contributed by atoms with Gasteiger partial charge in [0.15, 0.2) is 11.6 Å². The van der Waals surface area contributed by atoms with Gasteiger partial charge in [-0.25, -0.2) is 18.6 Å². The molecule has 0 aliphatic carbocycles. The lowest BCUT2D eigenvalue weighted by Crippen LogP contribution is -2.07. The van der Waals surface area contributed by atoms with Gasteiger partial charge >= 0.3 is 5.97 Å². The van der Waals surface area contributed by atoms with E-state index in [1.165, 1.54) is 18.3 Å². The lowest BCUT2D eigenvalue weighted by Gasteiger charge is -2.08. The van der Waals surface area contributed by atoms with Crippen molar-refractivity contribution in [3.8, 4) is 0 Å². The molecule has 0 radical (unpaired) electrons. The standard InChI is InChI=1S/C13H11F2N3O2/c14-9-2-1-7(3-10(9)15)5-17-12-4-8(13(19)20)11(16)6-18-12/h1-4,6H,5,16H2,(H,17,18)(H,19,20). The number of carboxylic acid groups (broad SMARTS) is 1. The van der Waals surface area contributed by atoms with Crippen molar-refractivity contribution in [3.63, 3.8) is 0 Å². The van der Waals surface area contributed by atoms with Crippen molar-refractivity contribution in [2.24, 2.45) is 0 Å². The molecule has 104 valence electrons. The average molecular weight is 279 g/mol. The third-order valence-electron chi connectivity index (χ3n) is 2.62. The van der Waals surface area contributed by atoms with Crippen molar-refractivity contribution < 1.29 is 18.7 Å². The quantitative estimate of drug-likeness (QED) is 0.799. The van der Waals surface area contributed by atoms with Gasteiger partial charge in [0.1, 0.15) is 5.82 Å². The molecule has 0 unspecified atom stereocenters. The number of carboxylic acids is 1. The number of nitrogens with one attached hydrogen (secondary N) is 1. The van der Waals surface area contributed by atoms with Crippen molar-refractivity contribution in [2.75, 3.05) is 11.1 Å².